The van der Waals surface area contributed by atoms with Gasteiger partial charge in [-0.05, 0) is 25.0 Å². The van der Waals surface area contributed by atoms with Crippen LogP contribution in [0.4, 0.5) is 0 Å². The molecule has 3 heterocycles. The Bertz CT molecular complexity index is 811. The number of hydrogen-bond acceptors (Lipinski definition) is 4. The molecule has 0 saturated carbocycles. The number of aromatic nitrogens is 5. The lowest BCUT2D eigenvalue weighted by Crippen LogP contribution is -2.39. The monoisotopic (exact) mass is 322 g/mol. The summed E-state index contributed by atoms with van der Waals surface area (Å²) in [7, 11) is 0. The van der Waals surface area contributed by atoms with Gasteiger partial charge in [-0.1, -0.05) is 12.1 Å². The van der Waals surface area contributed by atoms with E-state index in [0.717, 1.165) is 30.9 Å². The van der Waals surface area contributed by atoms with Crippen molar-refractivity contribution >= 4 is 5.91 Å². The summed E-state index contributed by atoms with van der Waals surface area (Å²) in [4.78, 5) is 26.5. The highest BCUT2D eigenvalue weighted by Crippen LogP contribution is 2.26. The minimum atomic E-state index is 0.0253. The normalized spacial score (nSPS) is 17.8. The van der Waals surface area contributed by atoms with Gasteiger partial charge in [0.25, 0.3) is 5.91 Å². The molecule has 2 aromatic heterocycles. The number of carbonyl (C=O) groups is 1. The third kappa shape index (κ3) is 2.68. The molecular formula is C17H18N6O. The molecule has 1 atom stereocenters. The van der Waals surface area contributed by atoms with Gasteiger partial charge in [-0.25, -0.2) is 14.6 Å². The smallest absolute Gasteiger partial charge is 0.256 e. The summed E-state index contributed by atoms with van der Waals surface area (Å²) in [5.41, 5.74) is 1.39. The fraction of sp³-hybridized carbons (Fsp3) is 0.294. The molecule has 1 aliphatic rings. The number of likely N-dealkylation sites (tertiary alicyclic amines) is 1. The number of nitrogens with zero attached hydrogens (tertiary/aromatic N) is 5. The van der Waals surface area contributed by atoms with Crippen molar-refractivity contribution < 1.29 is 4.79 Å². The van der Waals surface area contributed by atoms with Gasteiger partial charge in [0.05, 0.1) is 11.3 Å². The van der Waals surface area contributed by atoms with E-state index in [4.69, 9.17) is 0 Å². The molecule has 1 unspecified atom stereocenters. The number of H-pyrrole nitrogens is 1. The Kier molecular flexibility index (Phi) is 3.82. The van der Waals surface area contributed by atoms with E-state index in [-0.39, 0.29) is 11.8 Å². The first-order chi connectivity index (χ1) is 11.8. The lowest BCUT2D eigenvalue weighted by atomic mass is 9.96. The van der Waals surface area contributed by atoms with Crippen LogP contribution in [0.25, 0.3) is 5.69 Å². The van der Waals surface area contributed by atoms with Crippen molar-refractivity contribution in [3.8, 4) is 5.69 Å². The highest BCUT2D eigenvalue weighted by Gasteiger charge is 2.28. The van der Waals surface area contributed by atoms with Gasteiger partial charge in [0, 0.05) is 31.4 Å². The van der Waals surface area contributed by atoms with Crippen LogP contribution in [-0.2, 0) is 0 Å². The van der Waals surface area contributed by atoms with E-state index < -0.39 is 0 Å². The van der Waals surface area contributed by atoms with Gasteiger partial charge >= 0.3 is 0 Å². The highest BCUT2D eigenvalue weighted by atomic mass is 16.2. The van der Waals surface area contributed by atoms with Crippen LogP contribution in [0.1, 0.15) is 34.9 Å². The molecule has 1 fully saturated rings. The number of rotatable bonds is 3. The number of piperidine rings is 1. The van der Waals surface area contributed by atoms with Crippen molar-refractivity contribution in [2.24, 2.45) is 0 Å². The van der Waals surface area contributed by atoms with Crippen LogP contribution in [0.5, 0.6) is 0 Å². The zero-order valence-corrected chi connectivity index (χ0v) is 13.2. The fourth-order valence-corrected chi connectivity index (χ4v) is 3.24. The number of imidazole rings is 1. The summed E-state index contributed by atoms with van der Waals surface area (Å²) < 4.78 is 1.63. The Labute approximate surface area is 139 Å². The molecule has 0 radical (unpaired) electrons. The molecular weight excluding hydrogens is 304 g/mol. The van der Waals surface area contributed by atoms with Gasteiger partial charge in [-0.2, -0.15) is 5.10 Å². The summed E-state index contributed by atoms with van der Waals surface area (Å²) in [5, 5.41) is 4.15. The zero-order valence-electron chi connectivity index (χ0n) is 13.2. The lowest BCUT2D eigenvalue weighted by molar-refractivity contribution is 0.0704. The van der Waals surface area contributed by atoms with Crippen molar-refractivity contribution in [1.82, 2.24) is 29.6 Å². The number of nitrogens with one attached hydrogen (secondary N) is 1. The van der Waals surface area contributed by atoms with Crippen molar-refractivity contribution in [3.05, 3.63) is 60.7 Å². The van der Waals surface area contributed by atoms with E-state index >= 15 is 0 Å². The van der Waals surface area contributed by atoms with Gasteiger partial charge in [-0.3, -0.25) is 4.79 Å². The van der Waals surface area contributed by atoms with E-state index in [9.17, 15) is 4.79 Å². The number of amides is 1. The first kappa shape index (κ1) is 14.6. The number of hydrogen-bond donors (Lipinski definition) is 1. The van der Waals surface area contributed by atoms with Gasteiger partial charge in [0.15, 0.2) is 0 Å². The fourth-order valence-electron chi connectivity index (χ4n) is 3.24. The molecule has 122 valence electrons. The third-order valence-corrected chi connectivity index (χ3v) is 4.41. The molecule has 3 aromatic rings. The number of benzene rings is 1. The second-order valence-electron chi connectivity index (χ2n) is 5.92. The van der Waals surface area contributed by atoms with E-state index in [1.807, 2.05) is 35.4 Å². The largest absolute Gasteiger partial charge is 0.348 e. The van der Waals surface area contributed by atoms with Gasteiger partial charge in [0.2, 0.25) is 0 Å². The molecule has 1 aromatic carbocycles. The maximum atomic E-state index is 13.1. The average Bonchev–Trinajstić information content (AvgIpc) is 3.35. The second-order valence-corrected chi connectivity index (χ2v) is 5.92. The minimum absolute atomic E-state index is 0.0253. The maximum Gasteiger partial charge on any atom is 0.256 e. The van der Waals surface area contributed by atoms with Crippen LogP contribution in [0.3, 0.4) is 0 Å². The summed E-state index contributed by atoms with van der Waals surface area (Å²) in [5.74, 6) is 1.24. The predicted octanol–water partition coefficient (Wildman–Crippen LogP) is 2.01. The Hall–Kier alpha value is -2.96. The number of para-hydroxylation sites is 1. The van der Waals surface area contributed by atoms with Crippen molar-refractivity contribution in [2.45, 2.75) is 18.8 Å². The molecule has 4 rings (SSSR count). The molecule has 7 nitrogen and oxygen atoms in total. The van der Waals surface area contributed by atoms with Crippen LogP contribution in [0.2, 0.25) is 0 Å². The zero-order chi connectivity index (χ0) is 16.4. The molecule has 7 heteroatoms. The highest BCUT2D eigenvalue weighted by molar-refractivity contribution is 5.97. The summed E-state index contributed by atoms with van der Waals surface area (Å²) >= 11 is 0. The van der Waals surface area contributed by atoms with Crippen molar-refractivity contribution in [3.63, 3.8) is 0 Å². The third-order valence-electron chi connectivity index (χ3n) is 4.41. The molecule has 0 bridgehead atoms. The van der Waals surface area contributed by atoms with Gasteiger partial charge < -0.3 is 9.88 Å². The van der Waals surface area contributed by atoms with Gasteiger partial charge in [-0.15, -0.1) is 0 Å². The SMILES string of the molecule is O=C(c1ccccc1-n1cncn1)N1CCCC(c2ncc[nH]2)C1. The molecule has 1 aliphatic heterocycles. The molecule has 1 N–H and O–H groups in total. The Morgan fingerprint density at radius 3 is 3.00 bits per heavy atom. The first-order valence-electron chi connectivity index (χ1n) is 8.05. The van der Waals surface area contributed by atoms with Crippen molar-refractivity contribution in [1.29, 1.82) is 0 Å². The van der Waals surface area contributed by atoms with Gasteiger partial charge in [0.1, 0.15) is 18.5 Å². The molecule has 24 heavy (non-hydrogen) atoms. The van der Waals surface area contributed by atoms with Crippen LogP contribution in [-0.4, -0.2) is 48.6 Å². The second kappa shape index (κ2) is 6.27. The first-order valence-corrected chi connectivity index (χ1v) is 8.05. The molecule has 0 aliphatic carbocycles. The summed E-state index contributed by atoms with van der Waals surface area (Å²) in [6.45, 7) is 1.44. The Morgan fingerprint density at radius 1 is 1.29 bits per heavy atom. The van der Waals surface area contributed by atoms with Crippen molar-refractivity contribution in [2.75, 3.05) is 13.1 Å². The average molecular weight is 322 g/mol. The van der Waals surface area contributed by atoms with E-state index in [0.29, 0.717) is 12.1 Å². The lowest BCUT2D eigenvalue weighted by Gasteiger charge is -2.32. The predicted molar refractivity (Wildman–Crippen MR) is 87.8 cm³/mol. The molecule has 0 spiro atoms. The minimum Gasteiger partial charge on any atom is -0.348 e. The van der Waals surface area contributed by atoms with Crippen LogP contribution in [0, 0.1) is 0 Å². The van der Waals surface area contributed by atoms with E-state index in [1.165, 1.54) is 6.33 Å². The van der Waals surface area contributed by atoms with Crippen LogP contribution in [0.15, 0.2) is 49.3 Å². The summed E-state index contributed by atoms with van der Waals surface area (Å²) in [6.07, 6.45) is 8.68. The molecule has 1 saturated heterocycles. The van der Waals surface area contributed by atoms with E-state index in [1.54, 1.807) is 17.2 Å². The van der Waals surface area contributed by atoms with Crippen LogP contribution < -0.4 is 0 Å². The molecule has 1 amide bonds. The quantitative estimate of drug-likeness (QED) is 0.800. The summed E-state index contributed by atoms with van der Waals surface area (Å²) in [6, 6.07) is 7.50. The topological polar surface area (TPSA) is 79.7 Å². The van der Waals surface area contributed by atoms with Crippen LogP contribution >= 0.6 is 0 Å². The number of aromatic amines is 1. The Morgan fingerprint density at radius 2 is 2.21 bits per heavy atom. The Balaban J connectivity index is 1.60. The maximum absolute atomic E-state index is 13.1. The van der Waals surface area contributed by atoms with E-state index in [2.05, 4.69) is 20.1 Å². The standard InChI is InChI=1S/C17H18N6O/c24-17(14-5-1-2-6-15(14)23-12-18-11-21-23)22-9-3-4-13(10-22)16-19-7-8-20-16/h1-2,5-8,11-13H,3-4,9-10H2,(H,19,20). The number of carbonyl (C=O) groups excluding carboxylic acids is 1.